The third-order valence-electron chi connectivity index (χ3n) is 2.34. The van der Waals surface area contributed by atoms with Crippen molar-refractivity contribution in [1.82, 2.24) is 10.6 Å². The fourth-order valence-electron chi connectivity index (χ4n) is 1.42. The van der Waals surface area contributed by atoms with E-state index < -0.39 is 0 Å². The Hall–Kier alpha value is -0.830. The number of hydrogen-bond acceptors (Lipinski definition) is 2. The van der Waals surface area contributed by atoms with Crippen LogP contribution in [0.15, 0.2) is 12.7 Å². The standard InChI is InChI=1S/C12H24N2O/c1-5-7-8-10(3)14-11(4)12(15)13-9-6-2/h6,10-11,14H,2,5,7-9H2,1,3-4H3,(H,13,15). The average molecular weight is 212 g/mol. The molecule has 1 amide bonds. The molecule has 0 rings (SSSR count). The van der Waals surface area contributed by atoms with Crippen LogP contribution < -0.4 is 10.6 Å². The SMILES string of the molecule is C=CCNC(=O)C(C)NC(C)CCCC. The number of carbonyl (C=O) groups excluding carboxylic acids is 1. The third kappa shape index (κ3) is 7.14. The fourth-order valence-corrected chi connectivity index (χ4v) is 1.42. The first-order chi connectivity index (χ1) is 7.11. The van der Waals surface area contributed by atoms with Crippen molar-refractivity contribution in [3.05, 3.63) is 12.7 Å². The first-order valence-corrected chi connectivity index (χ1v) is 5.76. The molecule has 0 radical (unpaired) electrons. The van der Waals surface area contributed by atoms with Gasteiger partial charge in [0.2, 0.25) is 5.91 Å². The van der Waals surface area contributed by atoms with Gasteiger partial charge in [-0.1, -0.05) is 25.8 Å². The van der Waals surface area contributed by atoms with Crippen molar-refractivity contribution >= 4 is 5.91 Å². The number of rotatable bonds is 8. The highest BCUT2D eigenvalue weighted by Crippen LogP contribution is 2.00. The van der Waals surface area contributed by atoms with E-state index in [0.29, 0.717) is 12.6 Å². The first-order valence-electron chi connectivity index (χ1n) is 5.76. The number of hydrogen-bond donors (Lipinski definition) is 2. The van der Waals surface area contributed by atoms with Gasteiger partial charge in [0.25, 0.3) is 0 Å². The summed E-state index contributed by atoms with van der Waals surface area (Å²) in [4.78, 5) is 11.5. The minimum absolute atomic E-state index is 0.0400. The monoisotopic (exact) mass is 212 g/mol. The Morgan fingerprint density at radius 3 is 2.67 bits per heavy atom. The van der Waals surface area contributed by atoms with Crippen molar-refractivity contribution in [2.24, 2.45) is 0 Å². The number of nitrogens with one attached hydrogen (secondary N) is 2. The lowest BCUT2D eigenvalue weighted by atomic mass is 10.1. The molecule has 2 unspecified atom stereocenters. The maximum atomic E-state index is 11.5. The second kappa shape index (κ2) is 8.48. The van der Waals surface area contributed by atoms with Crippen molar-refractivity contribution in [2.75, 3.05) is 6.54 Å². The van der Waals surface area contributed by atoms with E-state index in [1.165, 1.54) is 12.8 Å². The summed E-state index contributed by atoms with van der Waals surface area (Å²) >= 11 is 0. The van der Waals surface area contributed by atoms with E-state index in [4.69, 9.17) is 0 Å². The maximum Gasteiger partial charge on any atom is 0.237 e. The van der Waals surface area contributed by atoms with Crippen LogP contribution in [0.3, 0.4) is 0 Å². The molecule has 0 aromatic carbocycles. The van der Waals surface area contributed by atoms with Crippen LogP contribution in [0.2, 0.25) is 0 Å². The predicted molar refractivity (Wildman–Crippen MR) is 64.8 cm³/mol. The molecule has 0 aromatic heterocycles. The van der Waals surface area contributed by atoms with Crippen LogP contribution in [0.4, 0.5) is 0 Å². The Morgan fingerprint density at radius 2 is 2.13 bits per heavy atom. The van der Waals surface area contributed by atoms with E-state index in [2.05, 4.69) is 31.1 Å². The second-order valence-corrected chi connectivity index (χ2v) is 3.97. The van der Waals surface area contributed by atoms with Crippen molar-refractivity contribution in [3.63, 3.8) is 0 Å². The van der Waals surface area contributed by atoms with Crippen molar-refractivity contribution < 1.29 is 4.79 Å². The largest absolute Gasteiger partial charge is 0.351 e. The molecule has 2 atom stereocenters. The maximum absolute atomic E-state index is 11.5. The van der Waals surface area contributed by atoms with Crippen LogP contribution in [0, 0.1) is 0 Å². The zero-order valence-electron chi connectivity index (χ0n) is 10.2. The Balaban J connectivity index is 3.74. The molecule has 15 heavy (non-hydrogen) atoms. The van der Waals surface area contributed by atoms with E-state index >= 15 is 0 Å². The van der Waals surface area contributed by atoms with Gasteiger partial charge in [0.1, 0.15) is 0 Å². The van der Waals surface area contributed by atoms with E-state index in [1.807, 2.05) is 6.92 Å². The van der Waals surface area contributed by atoms with Gasteiger partial charge in [-0.05, 0) is 20.3 Å². The van der Waals surface area contributed by atoms with Crippen LogP contribution in [-0.4, -0.2) is 24.5 Å². The molecule has 0 saturated heterocycles. The zero-order valence-corrected chi connectivity index (χ0v) is 10.2. The lowest BCUT2D eigenvalue weighted by Crippen LogP contribution is -2.45. The minimum Gasteiger partial charge on any atom is -0.351 e. The van der Waals surface area contributed by atoms with Gasteiger partial charge in [0.05, 0.1) is 6.04 Å². The summed E-state index contributed by atoms with van der Waals surface area (Å²) in [6.07, 6.45) is 5.21. The van der Waals surface area contributed by atoms with Crippen molar-refractivity contribution in [1.29, 1.82) is 0 Å². The van der Waals surface area contributed by atoms with E-state index in [-0.39, 0.29) is 11.9 Å². The summed E-state index contributed by atoms with van der Waals surface area (Å²) < 4.78 is 0. The number of carbonyl (C=O) groups is 1. The molecule has 0 bridgehead atoms. The van der Waals surface area contributed by atoms with Crippen molar-refractivity contribution in [3.8, 4) is 0 Å². The van der Waals surface area contributed by atoms with Gasteiger partial charge in [0.15, 0.2) is 0 Å². The topological polar surface area (TPSA) is 41.1 Å². The second-order valence-electron chi connectivity index (χ2n) is 3.97. The number of unbranched alkanes of at least 4 members (excludes halogenated alkanes) is 1. The molecule has 0 fully saturated rings. The summed E-state index contributed by atoms with van der Waals surface area (Å²) in [6.45, 7) is 10.3. The van der Waals surface area contributed by atoms with Crippen LogP contribution >= 0.6 is 0 Å². The van der Waals surface area contributed by atoms with Gasteiger partial charge in [-0.25, -0.2) is 0 Å². The molecule has 0 aliphatic rings. The quantitative estimate of drug-likeness (QED) is 0.603. The Labute approximate surface area is 93.3 Å². The molecule has 3 nitrogen and oxygen atoms in total. The van der Waals surface area contributed by atoms with Crippen LogP contribution in [0.5, 0.6) is 0 Å². The molecular weight excluding hydrogens is 188 g/mol. The first kappa shape index (κ1) is 14.2. The summed E-state index contributed by atoms with van der Waals surface area (Å²) in [5.74, 6) is 0.0400. The van der Waals surface area contributed by atoms with Crippen LogP contribution in [0.1, 0.15) is 40.0 Å². The van der Waals surface area contributed by atoms with Gasteiger partial charge < -0.3 is 10.6 Å². The molecule has 0 aliphatic carbocycles. The Bertz CT molecular complexity index is 192. The summed E-state index contributed by atoms with van der Waals surface area (Å²) in [6, 6.07) is 0.270. The van der Waals surface area contributed by atoms with E-state index in [0.717, 1.165) is 6.42 Å². The molecule has 2 N–H and O–H groups in total. The minimum atomic E-state index is -0.128. The normalized spacial score (nSPS) is 14.3. The highest BCUT2D eigenvalue weighted by molar-refractivity contribution is 5.81. The summed E-state index contributed by atoms with van der Waals surface area (Å²) in [5.41, 5.74) is 0. The predicted octanol–water partition coefficient (Wildman–Crippen LogP) is 1.85. The van der Waals surface area contributed by atoms with Crippen LogP contribution in [0.25, 0.3) is 0 Å². The molecular formula is C12H24N2O. The highest BCUT2D eigenvalue weighted by atomic mass is 16.2. The van der Waals surface area contributed by atoms with Gasteiger partial charge in [-0.3, -0.25) is 4.79 Å². The van der Waals surface area contributed by atoms with Gasteiger partial charge in [-0.15, -0.1) is 6.58 Å². The molecule has 0 spiro atoms. The molecule has 88 valence electrons. The number of amides is 1. The van der Waals surface area contributed by atoms with E-state index in [1.54, 1.807) is 6.08 Å². The van der Waals surface area contributed by atoms with Gasteiger partial charge in [0, 0.05) is 12.6 Å². The molecule has 0 aromatic rings. The Morgan fingerprint density at radius 1 is 1.47 bits per heavy atom. The Kier molecular flexibility index (Phi) is 8.01. The lowest BCUT2D eigenvalue weighted by molar-refractivity contribution is -0.122. The van der Waals surface area contributed by atoms with Crippen molar-refractivity contribution in [2.45, 2.75) is 52.1 Å². The molecule has 0 aliphatic heterocycles. The fraction of sp³-hybridized carbons (Fsp3) is 0.750. The average Bonchev–Trinajstić information content (AvgIpc) is 2.22. The molecule has 3 heteroatoms. The highest BCUT2D eigenvalue weighted by Gasteiger charge is 2.13. The third-order valence-corrected chi connectivity index (χ3v) is 2.34. The molecule has 0 saturated carbocycles. The van der Waals surface area contributed by atoms with E-state index in [9.17, 15) is 4.79 Å². The summed E-state index contributed by atoms with van der Waals surface area (Å²) in [7, 11) is 0. The molecule has 0 heterocycles. The smallest absolute Gasteiger partial charge is 0.237 e. The van der Waals surface area contributed by atoms with Gasteiger partial charge >= 0.3 is 0 Å². The zero-order chi connectivity index (χ0) is 11.7. The summed E-state index contributed by atoms with van der Waals surface area (Å²) in [5, 5.41) is 6.05. The lowest BCUT2D eigenvalue weighted by Gasteiger charge is -2.19. The van der Waals surface area contributed by atoms with Crippen LogP contribution in [-0.2, 0) is 4.79 Å². The van der Waals surface area contributed by atoms with Gasteiger partial charge in [-0.2, -0.15) is 0 Å².